The lowest BCUT2D eigenvalue weighted by molar-refractivity contribution is -0.146. The van der Waals surface area contributed by atoms with E-state index in [2.05, 4.69) is 29.7 Å². The molecule has 7 heteroatoms. The van der Waals surface area contributed by atoms with E-state index in [-0.39, 0.29) is 11.2 Å². The Balaban J connectivity index is 4.13. The van der Waals surface area contributed by atoms with Gasteiger partial charge in [-0.3, -0.25) is 4.79 Å². The van der Waals surface area contributed by atoms with Gasteiger partial charge in [-0.15, -0.1) is 11.4 Å². The van der Waals surface area contributed by atoms with E-state index < -0.39 is 12.0 Å². The molecule has 0 radical (unpaired) electrons. The first-order chi connectivity index (χ1) is 6.65. The van der Waals surface area contributed by atoms with Gasteiger partial charge in [0, 0.05) is 5.75 Å². The van der Waals surface area contributed by atoms with Gasteiger partial charge in [0.1, 0.15) is 6.04 Å². The minimum atomic E-state index is -0.567. The van der Waals surface area contributed by atoms with E-state index in [0.717, 1.165) is 0 Å². The summed E-state index contributed by atoms with van der Waals surface area (Å²) in [6, 6.07) is -0.567. The Morgan fingerprint density at radius 3 is 2.71 bits per heavy atom. The third-order valence-electron chi connectivity index (χ3n) is 1.29. The molecule has 0 spiro atoms. The molecule has 0 saturated carbocycles. The van der Waals surface area contributed by atoms with E-state index in [1.807, 2.05) is 0 Å². The third-order valence-corrected chi connectivity index (χ3v) is 2.90. The zero-order valence-electron chi connectivity index (χ0n) is 7.79. The number of rotatable bonds is 6. The number of carbonyl (C=O) groups excluding carboxylic acids is 2. The third kappa shape index (κ3) is 5.83. The number of carbonyl (C=O) groups is 2. The lowest BCUT2D eigenvalue weighted by Crippen LogP contribution is -2.43. The van der Waals surface area contributed by atoms with E-state index in [1.54, 1.807) is 6.92 Å². The minimum Gasteiger partial charge on any atom is -0.464 e. The minimum absolute atomic E-state index is 0.185. The topological polar surface area (TPSA) is 55.4 Å². The molecule has 0 rings (SSSR count). The van der Waals surface area contributed by atoms with Crippen LogP contribution in [0.15, 0.2) is 0 Å². The van der Waals surface area contributed by atoms with Gasteiger partial charge in [0.25, 0.3) is 0 Å². The van der Waals surface area contributed by atoms with Crippen LogP contribution in [0.4, 0.5) is 0 Å². The van der Waals surface area contributed by atoms with Crippen LogP contribution in [-0.2, 0) is 14.3 Å². The second-order valence-electron chi connectivity index (χ2n) is 2.34. The maximum absolute atomic E-state index is 11.3. The number of hydrogen-bond acceptors (Lipinski definition) is 4. The summed E-state index contributed by atoms with van der Waals surface area (Å²) in [7, 11) is 2.43. The van der Waals surface area contributed by atoms with Crippen LogP contribution >= 0.6 is 35.8 Å². The summed E-state index contributed by atoms with van der Waals surface area (Å²) in [6.45, 7) is 2.05. The average Bonchev–Trinajstić information content (AvgIpc) is 2.17. The zero-order chi connectivity index (χ0) is 11.0. The van der Waals surface area contributed by atoms with Gasteiger partial charge < -0.3 is 10.1 Å². The predicted molar refractivity (Wildman–Crippen MR) is 64.5 cm³/mol. The van der Waals surface area contributed by atoms with Crippen LogP contribution in [0.5, 0.6) is 0 Å². The normalized spacial score (nSPS) is 11.9. The first-order valence-corrected chi connectivity index (χ1v) is 7.57. The second kappa shape index (κ2) is 8.50. The predicted octanol–water partition coefficient (Wildman–Crippen LogP) is 0.952. The average molecular weight is 302 g/mol. The SMILES string of the molecule is CCOC(=O)C(CSP)NC(=O)CBr. The number of esters is 1. The standard InChI is InChI=1S/C7H13BrNO3PS/c1-2-12-7(11)5(4-14-13)9-6(10)3-8/h5H,2-4,13H2,1H3,(H,9,10). The largest absolute Gasteiger partial charge is 0.464 e. The quantitative estimate of drug-likeness (QED) is 0.451. The highest BCUT2D eigenvalue weighted by atomic mass is 79.9. The second-order valence-corrected chi connectivity index (χ2v) is 4.57. The Bertz CT molecular complexity index is 205. The molecule has 14 heavy (non-hydrogen) atoms. The van der Waals surface area contributed by atoms with Crippen LogP contribution in [0.25, 0.3) is 0 Å². The van der Waals surface area contributed by atoms with Gasteiger partial charge in [-0.2, -0.15) is 0 Å². The van der Waals surface area contributed by atoms with Gasteiger partial charge in [-0.1, -0.05) is 24.4 Å². The summed E-state index contributed by atoms with van der Waals surface area (Å²) in [4.78, 5) is 22.3. The fourth-order valence-electron chi connectivity index (χ4n) is 0.741. The fourth-order valence-corrected chi connectivity index (χ4v) is 1.89. The molecule has 0 aliphatic heterocycles. The number of amides is 1. The summed E-state index contributed by atoms with van der Waals surface area (Å²) < 4.78 is 4.81. The van der Waals surface area contributed by atoms with Crippen LogP contribution in [0.3, 0.4) is 0 Å². The molecule has 1 N–H and O–H groups in total. The van der Waals surface area contributed by atoms with Crippen molar-refractivity contribution in [1.29, 1.82) is 0 Å². The molecular weight excluding hydrogens is 289 g/mol. The van der Waals surface area contributed by atoms with Crippen LogP contribution in [0.1, 0.15) is 6.92 Å². The Kier molecular flexibility index (Phi) is 8.63. The maximum Gasteiger partial charge on any atom is 0.329 e. The van der Waals surface area contributed by atoms with Crippen molar-refractivity contribution in [3.63, 3.8) is 0 Å². The Labute approximate surface area is 98.0 Å². The first kappa shape index (κ1) is 14.2. The van der Waals surface area contributed by atoms with E-state index >= 15 is 0 Å². The monoisotopic (exact) mass is 301 g/mol. The van der Waals surface area contributed by atoms with Crippen LogP contribution < -0.4 is 5.32 Å². The Morgan fingerprint density at radius 2 is 2.29 bits per heavy atom. The number of nitrogens with one attached hydrogen (secondary N) is 1. The number of alkyl halides is 1. The van der Waals surface area contributed by atoms with Gasteiger partial charge in [0.05, 0.1) is 11.9 Å². The molecule has 0 aromatic heterocycles. The van der Waals surface area contributed by atoms with E-state index in [9.17, 15) is 9.59 Å². The van der Waals surface area contributed by atoms with Gasteiger partial charge in [-0.05, 0) is 6.92 Å². The van der Waals surface area contributed by atoms with E-state index in [0.29, 0.717) is 12.4 Å². The highest BCUT2D eigenvalue weighted by Gasteiger charge is 2.20. The van der Waals surface area contributed by atoms with Crippen molar-refractivity contribution in [2.24, 2.45) is 0 Å². The van der Waals surface area contributed by atoms with Gasteiger partial charge in [0.15, 0.2) is 0 Å². The van der Waals surface area contributed by atoms with Crippen molar-refractivity contribution in [3.8, 4) is 0 Å². The molecular formula is C7H13BrNO3PS. The molecule has 4 nitrogen and oxygen atoms in total. The van der Waals surface area contributed by atoms with Crippen molar-refractivity contribution >= 4 is 47.6 Å². The van der Waals surface area contributed by atoms with Gasteiger partial charge in [0.2, 0.25) is 5.91 Å². The highest BCUT2D eigenvalue weighted by Crippen LogP contribution is 2.12. The lowest BCUT2D eigenvalue weighted by atomic mass is 10.3. The van der Waals surface area contributed by atoms with Crippen LogP contribution in [0, 0.1) is 0 Å². The van der Waals surface area contributed by atoms with Crippen LogP contribution in [0.2, 0.25) is 0 Å². The summed E-state index contributed by atoms with van der Waals surface area (Å²) in [5, 5.41) is 2.74. The zero-order valence-corrected chi connectivity index (χ0v) is 11.3. The van der Waals surface area contributed by atoms with Crippen molar-refractivity contribution in [1.82, 2.24) is 5.32 Å². The number of halogens is 1. The molecule has 0 aromatic carbocycles. The number of ether oxygens (including phenoxy) is 1. The molecule has 1 amide bonds. The van der Waals surface area contributed by atoms with Gasteiger partial charge >= 0.3 is 5.97 Å². The van der Waals surface area contributed by atoms with E-state index in [1.165, 1.54) is 11.4 Å². The van der Waals surface area contributed by atoms with Crippen molar-refractivity contribution in [2.75, 3.05) is 17.7 Å². The Hall–Kier alpha value is 0.200. The fraction of sp³-hybridized carbons (Fsp3) is 0.714. The maximum atomic E-state index is 11.3. The summed E-state index contributed by atoms with van der Waals surface area (Å²) in [6.07, 6.45) is 0. The Morgan fingerprint density at radius 1 is 1.64 bits per heavy atom. The smallest absolute Gasteiger partial charge is 0.329 e. The molecule has 0 heterocycles. The summed E-state index contributed by atoms with van der Waals surface area (Å²) in [5.74, 6) is -0.124. The molecule has 82 valence electrons. The first-order valence-electron chi connectivity index (χ1n) is 3.99. The molecule has 2 atom stereocenters. The molecule has 0 aliphatic carbocycles. The molecule has 2 unspecified atom stereocenters. The molecule has 0 aliphatic rings. The molecule has 0 aromatic rings. The van der Waals surface area contributed by atoms with E-state index in [4.69, 9.17) is 4.74 Å². The lowest BCUT2D eigenvalue weighted by Gasteiger charge is -2.15. The summed E-state index contributed by atoms with van der Waals surface area (Å²) in [5.41, 5.74) is 0. The molecule has 0 bridgehead atoms. The van der Waals surface area contributed by atoms with Crippen molar-refractivity contribution < 1.29 is 14.3 Å². The molecule has 0 saturated heterocycles. The van der Waals surface area contributed by atoms with Crippen molar-refractivity contribution in [2.45, 2.75) is 13.0 Å². The number of hydrogen-bond donors (Lipinski definition) is 1. The van der Waals surface area contributed by atoms with Crippen LogP contribution in [-0.4, -0.2) is 35.6 Å². The summed E-state index contributed by atoms with van der Waals surface area (Å²) >= 11 is 4.41. The van der Waals surface area contributed by atoms with Gasteiger partial charge in [-0.25, -0.2) is 4.79 Å². The highest BCUT2D eigenvalue weighted by molar-refractivity contribution is 9.09. The van der Waals surface area contributed by atoms with Crippen molar-refractivity contribution in [3.05, 3.63) is 0 Å². The molecule has 0 fully saturated rings.